The third-order valence-electron chi connectivity index (χ3n) is 3.02. The first kappa shape index (κ1) is 14.5. The van der Waals surface area contributed by atoms with Gasteiger partial charge in [-0.25, -0.2) is 0 Å². The number of nitrogens with zero attached hydrogens (tertiary/aromatic N) is 2. The van der Waals surface area contributed by atoms with Gasteiger partial charge in [0, 0.05) is 31.2 Å². The summed E-state index contributed by atoms with van der Waals surface area (Å²) < 4.78 is 0. The number of nitrogens with one attached hydrogen (secondary N) is 1. The Balaban J connectivity index is 0.00000162. The van der Waals surface area contributed by atoms with E-state index in [0.717, 1.165) is 19.6 Å². The van der Waals surface area contributed by atoms with Crippen molar-refractivity contribution in [3.63, 3.8) is 0 Å². The predicted octanol–water partition coefficient (Wildman–Crippen LogP) is 1.41. The normalized spacial score (nSPS) is 18.7. The van der Waals surface area contributed by atoms with Crippen LogP contribution in [0.2, 0.25) is 0 Å². The topological polar surface area (TPSA) is 56.1 Å². The Kier molecular flexibility index (Phi) is 5.14. The monoisotopic (exact) mass is 265 g/mol. The summed E-state index contributed by atoms with van der Waals surface area (Å²) in [5, 5.41) is 12.0. The summed E-state index contributed by atoms with van der Waals surface area (Å²) in [6, 6.07) is 9.06. The molecule has 0 spiro atoms. The van der Waals surface area contributed by atoms with Crippen molar-refractivity contribution >= 4 is 18.3 Å². The first-order valence-corrected chi connectivity index (χ1v) is 5.74. The highest BCUT2D eigenvalue weighted by atomic mass is 35.5. The Bertz CT molecular complexity index is 452. The summed E-state index contributed by atoms with van der Waals surface area (Å²) in [5.41, 5.74) is 1.23. The van der Waals surface area contributed by atoms with Crippen molar-refractivity contribution in [2.24, 2.45) is 0 Å². The highest BCUT2D eigenvalue weighted by Crippen LogP contribution is 2.11. The van der Waals surface area contributed by atoms with Gasteiger partial charge in [0.25, 0.3) is 5.91 Å². The van der Waals surface area contributed by atoms with Gasteiger partial charge in [-0.1, -0.05) is 0 Å². The highest BCUT2D eigenvalue weighted by Gasteiger charge is 2.23. The van der Waals surface area contributed by atoms with E-state index in [9.17, 15) is 4.79 Å². The van der Waals surface area contributed by atoms with Gasteiger partial charge < -0.3 is 10.2 Å². The lowest BCUT2D eigenvalue weighted by atomic mass is 10.1. The summed E-state index contributed by atoms with van der Waals surface area (Å²) in [7, 11) is 0. The summed E-state index contributed by atoms with van der Waals surface area (Å²) in [5.74, 6) is 0.0449. The molecule has 2 rings (SSSR count). The number of hydrogen-bond donors (Lipinski definition) is 1. The zero-order valence-electron chi connectivity index (χ0n) is 10.2. The highest BCUT2D eigenvalue weighted by molar-refractivity contribution is 5.94. The number of carbonyl (C=O) groups excluding carboxylic acids is 1. The zero-order valence-corrected chi connectivity index (χ0v) is 11.0. The van der Waals surface area contributed by atoms with E-state index in [0.29, 0.717) is 11.1 Å². The number of hydrogen-bond acceptors (Lipinski definition) is 3. The molecule has 1 fully saturated rings. The molecular formula is C13H16ClN3O. The average molecular weight is 266 g/mol. The zero-order chi connectivity index (χ0) is 12.3. The van der Waals surface area contributed by atoms with Crippen molar-refractivity contribution in [2.45, 2.75) is 13.0 Å². The summed E-state index contributed by atoms with van der Waals surface area (Å²) >= 11 is 0. The van der Waals surface area contributed by atoms with Gasteiger partial charge >= 0.3 is 0 Å². The second-order valence-corrected chi connectivity index (χ2v) is 4.24. The fourth-order valence-corrected chi connectivity index (χ4v) is 2.00. The SMILES string of the molecule is C[C@@H]1CNCCN1C(=O)c1ccc(C#N)cc1.Cl. The first-order valence-electron chi connectivity index (χ1n) is 5.74. The third kappa shape index (κ3) is 3.00. The molecular weight excluding hydrogens is 250 g/mol. The number of piperazine rings is 1. The van der Waals surface area contributed by atoms with Gasteiger partial charge in [0.2, 0.25) is 0 Å². The second kappa shape index (κ2) is 6.39. The molecule has 0 saturated carbocycles. The number of carbonyl (C=O) groups is 1. The summed E-state index contributed by atoms with van der Waals surface area (Å²) in [6.07, 6.45) is 0. The molecule has 1 aliphatic rings. The van der Waals surface area contributed by atoms with E-state index < -0.39 is 0 Å². The molecule has 0 aliphatic carbocycles. The van der Waals surface area contributed by atoms with E-state index in [1.165, 1.54) is 0 Å². The minimum absolute atomic E-state index is 0. The van der Waals surface area contributed by atoms with Gasteiger partial charge in [0.1, 0.15) is 0 Å². The maximum Gasteiger partial charge on any atom is 0.254 e. The predicted molar refractivity (Wildman–Crippen MR) is 71.8 cm³/mol. The van der Waals surface area contributed by atoms with Crippen molar-refractivity contribution in [2.75, 3.05) is 19.6 Å². The Morgan fingerprint density at radius 2 is 2.11 bits per heavy atom. The Labute approximate surface area is 113 Å². The number of halogens is 1. The van der Waals surface area contributed by atoms with Crippen LogP contribution in [0.4, 0.5) is 0 Å². The van der Waals surface area contributed by atoms with Crippen LogP contribution in [-0.4, -0.2) is 36.5 Å². The molecule has 1 saturated heterocycles. The lowest BCUT2D eigenvalue weighted by molar-refractivity contribution is 0.0656. The van der Waals surface area contributed by atoms with Crippen molar-refractivity contribution in [1.29, 1.82) is 5.26 Å². The maximum atomic E-state index is 12.2. The number of amides is 1. The molecule has 1 aliphatic heterocycles. The van der Waals surface area contributed by atoms with Crippen LogP contribution >= 0.6 is 12.4 Å². The molecule has 0 aromatic heterocycles. The van der Waals surface area contributed by atoms with E-state index in [2.05, 4.69) is 5.32 Å². The van der Waals surface area contributed by atoms with Crippen LogP contribution in [0.1, 0.15) is 22.8 Å². The van der Waals surface area contributed by atoms with Crippen molar-refractivity contribution in [3.05, 3.63) is 35.4 Å². The first-order chi connectivity index (χ1) is 8.22. The molecule has 1 aromatic carbocycles. The number of nitriles is 1. The fourth-order valence-electron chi connectivity index (χ4n) is 2.00. The molecule has 5 heteroatoms. The molecule has 1 heterocycles. The Morgan fingerprint density at radius 3 is 2.67 bits per heavy atom. The summed E-state index contributed by atoms with van der Waals surface area (Å²) in [4.78, 5) is 14.1. The molecule has 1 aromatic rings. The molecule has 1 amide bonds. The molecule has 0 bridgehead atoms. The maximum absolute atomic E-state index is 12.2. The van der Waals surface area contributed by atoms with Gasteiger partial charge in [-0.3, -0.25) is 4.79 Å². The van der Waals surface area contributed by atoms with Crippen molar-refractivity contribution < 1.29 is 4.79 Å². The van der Waals surface area contributed by atoms with E-state index in [4.69, 9.17) is 5.26 Å². The van der Waals surface area contributed by atoms with Crippen LogP contribution < -0.4 is 5.32 Å². The largest absolute Gasteiger partial charge is 0.333 e. The van der Waals surface area contributed by atoms with Crippen molar-refractivity contribution in [3.8, 4) is 6.07 Å². The van der Waals surface area contributed by atoms with Gasteiger partial charge in [-0.2, -0.15) is 5.26 Å². The quantitative estimate of drug-likeness (QED) is 0.835. The Morgan fingerprint density at radius 1 is 1.44 bits per heavy atom. The number of benzene rings is 1. The third-order valence-corrected chi connectivity index (χ3v) is 3.02. The van der Waals surface area contributed by atoms with Crippen LogP contribution in [-0.2, 0) is 0 Å². The van der Waals surface area contributed by atoms with Gasteiger partial charge in [-0.15, -0.1) is 12.4 Å². The lowest BCUT2D eigenvalue weighted by Crippen LogP contribution is -2.52. The second-order valence-electron chi connectivity index (χ2n) is 4.24. The van der Waals surface area contributed by atoms with E-state index in [-0.39, 0.29) is 24.4 Å². The molecule has 0 radical (unpaired) electrons. The Hall–Kier alpha value is -1.57. The molecule has 18 heavy (non-hydrogen) atoms. The van der Waals surface area contributed by atoms with Gasteiger partial charge in [0.15, 0.2) is 0 Å². The van der Waals surface area contributed by atoms with E-state index in [1.54, 1.807) is 24.3 Å². The molecule has 96 valence electrons. The lowest BCUT2D eigenvalue weighted by Gasteiger charge is -2.34. The standard InChI is InChI=1S/C13H15N3O.ClH/c1-10-9-15-6-7-16(10)13(17)12-4-2-11(8-14)3-5-12;/h2-5,10,15H,6-7,9H2,1H3;1H/t10-;/m1./s1. The molecule has 0 unspecified atom stereocenters. The van der Waals surface area contributed by atoms with Crippen LogP contribution in [0.3, 0.4) is 0 Å². The molecule has 4 nitrogen and oxygen atoms in total. The minimum atomic E-state index is 0. The summed E-state index contributed by atoms with van der Waals surface area (Å²) in [6.45, 7) is 4.45. The van der Waals surface area contributed by atoms with Crippen molar-refractivity contribution in [1.82, 2.24) is 10.2 Å². The fraction of sp³-hybridized carbons (Fsp3) is 0.385. The molecule has 1 atom stereocenters. The van der Waals surface area contributed by atoms with E-state index >= 15 is 0 Å². The van der Waals surface area contributed by atoms with Gasteiger partial charge in [-0.05, 0) is 31.2 Å². The van der Waals surface area contributed by atoms with Gasteiger partial charge in [0.05, 0.1) is 11.6 Å². The smallest absolute Gasteiger partial charge is 0.254 e. The van der Waals surface area contributed by atoms with Crippen LogP contribution in [0.15, 0.2) is 24.3 Å². The van der Waals surface area contributed by atoms with Crippen LogP contribution in [0.25, 0.3) is 0 Å². The minimum Gasteiger partial charge on any atom is -0.333 e. The average Bonchev–Trinajstić information content (AvgIpc) is 2.39. The number of rotatable bonds is 1. The van der Waals surface area contributed by atoms with Crippen LogP contribution in [0, 0.1) is 11.3 Å². The molecule has 1 N–H and O–H groups in total. The van der Waals surface area contributed by atoms with Crippen LogP contribution in [0.5, 0.6) is 0 Å². The van der Waals surface area contributed by atoms with E-state index in [1.807, 2.05) is 17.9 Å².